The van der Waals surface area contributed by atoms with Gasteiger partial charge in [0, 0.05) is 23.7 Å². The van der Waals surface area contributed by atoms with E-state index in [9.17, 15) is 4.39 Å². The summed E-state index contributed by atoms with van der Waals surface area (Å²) in [6.07, 6.45) is 1.76. The molecule has 1 aromatic heterocycles. The third-order valence-electron chi connectivity index (χ3n) is 3.58. The van der Waals surface area contributed by atoms with E-state index in [1.54, 1.807) is 23.6 Å². The predicted octanol–water partition coefficient (Wildman–Crippen LogP) is 5.53. The van der Waals surface area contributed by atoms with Crippen LogP contribution in [0, 0.1) is 5.82 Å². The van der Waals surface area contributed by atoms with Crippen molar-refractivity contribution >= 4 is 28.1 Å². The molecule has 0 saturated carbocycles. The standard InChI is InChI=1S/C19H18ClFN2O2S/c1-2-24-18-9-13(11-23-19-22-7-8-26-19)3-6-17(18)25-12-14-4-5-15(21)10-16(14)20/h3-10H,2,11-12H2,1H3,(H,22,23). The van der Waals surface area contributed by atoms with Gasteiger partial charge in [0.25, 0.3) is 0 Å². The van der Waals surface area contributed by atoms with Crippen molar-refractivity contribution in [3.8, 4) is 11.5 Å². The van der Waals surface area contributed by atoms with E-state index >= 15 is 0 Å². The molecule has 0 aliphatic heterocycles. The molecular formula is C19H18ClFN2O2S. The molecule has 136 valence electrons. The molecule has 2 aromatic carbocycles. The van der Waals surface area contributed by atoms with Gasteiger partial charge in [-0.15, -0.1) is 11.3 Å². The number of nitrogens with one attached hydrogen (secondary N) is 1. The second kappa shape index (κ2) is 8.87. The molecule has 7 heteroatoms. The number of anilines is 1. The number of hydrogen-bond acceptors (Lipinski definition) is 5. The summed E-state index contributed by atoms with van der Waals surface area (Å²) in [4.78, 5) is 4.20. The summed E-state index contributed by atoms with van der Waals surface area (Å²) in [6.45, 7) is 3.31. The number of ether oxygens (including phenoxy) is 2. The highest BCUT2D eigenvalue weighted by molar-refractivity contribution is 7.13. The first-order valence-electron chi connectivity index (χ1n) is 8.11. The van der Waals surface area contributed by atoms with Gasteiger partial charge in [-0.3, -0.25) is 0 Å². The van der Waals surface area contributed by atoms with Gasteiger partial charge in [-0.2, -0.15) is 0 Å². The van der Waals surface area contributed by atoms with Crippen LogP contribution in [-0.2, 0) is 13.2 Å². The van der Waals surface area contributed by atoms with Crippen LogP contribution in [-0.4, -0.2) is 11.6 Å². The summed E-state index contributed by atoms with van der Waals surface area (Å²) in [5.74, 6) is 0.903. The van der Waals surface area contributed by atoms with Crippen molar-refractivity contribution < 1.29 is 13.9 Å². The van der Waals surface area contributed by atoms with E-state index < -0.39 is 0 Å². The summed E-state index contributed by atoms with van der Waals surface area (Å²) in [7, 11) is 0. The maximum atomic E-state index is 13.1. The largest absolute Gasteiger partial charge is 0.490 e. The Kier molecular flexibility index (Phi) is 6.30. The zero-order valence-corrected chi connectivity index (χ0v) is 15.7. The molecule has 0 spiro atoms. The molecule has 4 nitrogen and oxygen atoms in total. The molecule has 3 aromatic rings. The molecule has 0 amide bonds. The highest BCUT2D eigenvalue weighted by Crippen LogP contribution is 2.30. The lowest BCUT2D eigenvalue weighted by atomic mass is 10.2. The quantitative estimate of drug-likeness (QED) is 0.547. The zero-order valence-electron chi connectivity index (χ0n) is 14.2. The first-order chi connectivity index (χ1) is 12.7. The van der Waals surface area contributed by atoms with Gasteiger partial charge in [0.05, 0.1) is 11.6 Å². The van der Waals surface area contributed by atoms with E-state index in [-0.39, 0.29) is 12.4 Å². The average Bonchev–Trinajstić information content (AvgIpc) is 3.14. The molecule has 3 rings (SSSR count). The topological polar surface area (TPSA) is 43.4 Å². The Balaban J connectivity index is 1.69. The van der Waals surface area contributed by atoms with Crippen LogP contribution in [0.1, 0.15) is 18.1 Å². The zero-order chi connectivity index (χ0) is 18.4. The molecule has 0 saturated heterocycles. The summed E-state index contributed by atoms with van der Waals surface area (Å²) >= 11 is 7.60. The molecule has 26 heavy (non-hydrogen) atoms. The Morgan fingerprint density at radius 3 is 2.77 bits per heavy atom. The van der Waals surface area contributed by atoms with Gasteiger partial charge in [0.2, 0.25) is 0 Å². The van der Waals surface area contributed by atoms with Crippen LogP contribution in [0.2, 0.25) is 5.02 Å². The van der Waals surface area contributed by atoms with Crippen LogP contribution in [0.3, 0.4) is 0 Å². The van der Waals surface area contributed by atoms with Crippen LogP contribution < -0.4 is 14.8 Å². The first-order valence-corrected chi connectivity index (χ1v) is 9.37. The fourth-order valence-corrected chi connectivity index (χ4v) is 3.08. The summed E-state index contributed by atoms with van der Waals surface area (Å²) in [5, 5.41) is 6.39. The lowest BCUT2D eigenvalue weighted by Gasteiger charge is -2.14. The second-order valence-electron chi connectivity index (χ2n) is 5.43. The second-order valence-corrected chi connectivity index (χ2v) is 6.73. The average molecular weight is 393 g/mol. The van der Waals surface area contributed by atoms with Crippen molar-refractivity contribution in [2.45, 2.75) is 20.1 Å². The highest BCUT2D eigenvalue weighted by Gasteiger charge is 2.09. The van der Waals surface area contributed by atoms with Crippen LogP contribution in [0.4, 0.5) is 9.52 Å². The van der Waals surface area contributed by atoms with E-state index in [0.29, 0.717) is 35.2 Å². The molecule has 0 aliphatic rings. The van der Waals surface area contributed by atoms with E-state index in [0.717, 1.165) is 10.7 Å². The maximum absolute atomic E-state index is 13.1. The Hall–Kier alpha value is -2.31. The molecule has 1 heterocycles. The first kappa shape index (κ1) is 18.5. The van der Waals surface area contributed by atoms with Gasteiger partial charge in [-0.05, 0) is 36.8 Å². The van der Waals surface area contributed by atoms with E-state index in [1.165, 1.54) is 12.1 Å². The third kappa shape index (κ3) is 4.86. The van der Waals surface area contributed by atoms with E-state index in [1.807, 2.05) is 30.5 Å². The molecule has 0 bridgehead atoms. The highest BCUT2D eigenvalue weighted by atomic mass is 35.5. The number of hydrogen-bond donors (Lipinski definition) is 1. The number of benzene rings is 2. The van der Waals surface area contributed by atoms with E-state index in [2.05, 4.69) is 10.3 Å². The minimum Gasteiger partial charge on any atom is -0.490 e. The summed E-state index contributed by atoms with van der Waals surface area (Å²) in [5.41, 5.74) is 1.76. The van der Waals surface area contributed by atoms with Crippen LogP contribution >= 0.6 is 22.9 Å². The van der Waals surface area contributed by atoms with Gasteiger partial charge < -0.3 is 14.8 Å². The molecule has 0 atom stereocenters. The SMILES string of the molecule is CCOc1cc(CNc2nccs2)ccc1OCc1ccc(F)cc1Cl. The normalized spacial score (nSPS) is 10.6. The van der Waals surface area contributed by atoms with Crippen LogP contribution in [0.5, 0.6) is 11.5 Å². The van der Waals surface area contributed by atoms with Gasteiger partial charge in [0.1, 0.15) is 12.4 Å². The Morgan fingerprint density at radius 1 is 1.15 bits per heavy atom. The molecule has 1 N–H and O–H groups in total. The van der Waals surface area contributed by atoms with Crippen molar-refractivity contribution in [2.24, 2.45) is 0 Å². The summed E-state index contributed by atoms with van der Waals surface area (Å²) in [6, 6.07) is 10.0. The van der Waals surface area contributed by atoms with Gasteiger partial charge in [-0.25, -0.2) is 9.37 Å². The van der Waals surface area contributed by atoms with Crippen LogP contribution in [0.15, 0.2) is 48.0 Å². The summed E-state index contributed by atoms with van der Waals surface area (Å²) < 4.78 is 24.7. The smallest absolute Gasteiger partial charge is 0.182 e. The molecule has 0 unspecified atom stereocenters. The molecular weight excluding hydrogens is 375 g/mol. The Morgan fingerprint density at radius 2 is 2.04 bits per heavy atom. The van der Waals surface area contributed by atoms with Gasteiger partial charge in [-0.1, -0.05) is 23.7 Å². The maximum Gasteiger partial charge on any atom is 0.182 e. The molecule has 0 aliphatic carbocycles. The number of aromatic nitrogens is 1. The van der Waals surface area contributed by atoms with Crippen molar-refractivity contribution in [3.63, 3.8) is 0 Å². The van der Waals surface area contributed by atoms with Gasteiger partial charge >= 0.3 is 0 Å². The number of thiazole rings is 1. The minimum atomic E-state index is -0.370. The lowest BCUT2D eigenvalue weighted by molar-refractivity contribution is 0.269. The van der Waals surface area contributed by atoms with Crippen LogP contribution in [0.25, 0.3) is 0 Å². The fourth-order valence-electron chi connectivity index (χ4n) is 2.33. The van der Waals surface area contributed by atoms with Crippen molar-refractivity contribution in [1.82, 2.24) is 4.98 Å². The molecule has 0 radical (unpaired) electrons. The lowest BCUT2D eigenvalue weighted by Crippen LogP contribution is -2.03. The predicted molar refractivity (Wildman–Crippen MR) is 103 cm³/mol. The third-order valence-corrected chi connectivity index (χ3v) is 4.66. The van der Waals surface area contributed by atoms with Crippen molar-refractivity contribution in [1.29, 1.82) is 0 Å². The monoisotopic (exact) mass is 392 g/mol. The number of halogens is 2. The van der Waals surface area contributed by atoms with E-state index in [4.69, 9.17) is 21.1 Å². The number of rotatable bonds is 8. The fraction of sp³-hybridized carbons (Fsp3) is 0.211. The number of nitrogens with zero attached hydrogens (tertiary/aromatic N) is 1. The van der Waals surface area contributed by atoms with Crippen molar-refractivity contribution in [3.05, 3.63) is 69.9 Å². The Labute approximate surface area is 160 Å². The van der Waals surface area contributed by atoms with Gasteiger partial charge in [0.15, 0.2) is 16.6 Å². The van der Waals surface area contributed by atoms with Crippen molar-refractivity contribution in [2.75, 3.05) is 11.9 Å². The molecule has 0 fully saturated rings. The Bertz CT molecular complexity index is 859. The minimum absolute atomic E-state index is 0.232.